The fourth-order valence-electron chi connectivity index (χ4n) is 7.43. The van der Waals surface area contributed by atoms with Crippen LogP contribution in [-0.2, 0) is 14.3 Å². The lowest BCUT2D eigenvalue weighted by molar-refractivity contribution is -0.151. The van der Waals surface area contributed by atoms with Gasteiger partial charge in [-0.1, -0.05) is 206 Å². The molecule has 54 heavy (non-hydrogen) atoms. The molecule has 0 aliphatic heterocycles. The number of carbonyl (C=O) groups excluding carboxylic acids is 2. The highest BCUT2D eigenvalue weighted by molar-refractivity contribution is 5.77. The molecule has 0 aromatic rings. The number of esters is 1. The average molecular weight is 764 g/mol. The second kappa shape index (κ2) is 42.7. The number of hydrogen-bond acceptors (Lipinski definition) is 5. The molecule has 0 radical (unpaired) electrons. The van der Waals surface area contributed by atoms with Gasteiger partial charge in [0.05, 0.1) is 25.2 Å². The Morgan fingerprint density at radius 2 is 0.889 bits per heavy atom. The van der Waals surface area contributed by atoms with E-state index in [0.717, 1.165) is 57.8 Å². The summed E-state index contributed by atoms with van der Waals surface area (Å²) in [6.45, 7) is 6.46. The molecular weight excluding hydrogens is 671 g/mol. The van der Waals surface area contributed by atoms with Crippen LogP contribution < -0.4 is 5.32 Å². The first-order chi connectivity index (χ1) is 26.5. The Morgan fingerprint density at radius 1 is 0.519 bits per heavy atom. The Bertz CT molecular complexity index is 817. The van der Waals surface area contributed by atoms with Gasteiger partial charge < -0.3 is 20.3 Å². The number of rotatable bonds is 43. The van der Waals surface area contributed by atoms with Crippen LogP contribution in [0.2, 0.25) is 0 Å². The fraction of sp³-hybridized carbons (Fsp3) is 0.917. The summed E-state index contributed by atoms with van der Waals surface area (Å²) in [5.41, 5.74) is 0. The lowest BCUT2D eigenvalue weighted by atomic mass is 10.0. The van der Waals surface area contributed by atoms with Crippen molar-refractivity contribution >= 4 is 11.9 Å². The van der Waals surface area contributed by atoms with E-state index in [4.69, 9.17) is 4.74 Å². The van der Waals surface area contributed by atoms with Gasteiger partial charge >= 0.3 is 5.97 Å². The maximum absolute atomic E-state index is 13.1. The van der Waals surface area contributed by atoms with Crippen molar-refractivity contribution in [3.8, 4) is 0 Å². The van der Waals surface area contributed by atoms with Crippen LogP contribution in [-0.4, -0.2) is 46.9 Å². The molecule has 0 heterocycles. The third kappa shape index (κ3) is 37.5. The number of allylic oxidation sites excluding steroid dienone is 2. The zero-order valence-electron chi connectivity index (χ0n) is 36.4. The molecule has 0 saturated heterocycles. The maximum Gasteiger partial charge on any atom is 0.306 e. The SMILES string of the molecule is CCCCCCCC/C=C\CCCCCC(=O)OC(CCCCCCCCCCCCCCC)CC(=O)NC(CO)C(O)CCCCCCCCCCC. The average Bonchev–Trinajstić information content (AvgIpc) is 3.16. The molecule has 0 bridgehead atoms. The van der Waals surface area contributed by atoms with Crippen LogP contribution in [0.5, 0.6) is 0 Å². The summed E-state index contributed by atoms with van der Waals surface area (Å²) in [5.74, 6) is -0.481. The first-order valence-corrected chi connectivity index (χ1v) is 23.9. The Balaban J connectivity index is 4.58. The zero-order valence-corrected chi connectivity index (χ0v) is 36.4. The van der Waals surface area contributed by atoms with Crippen LogP contribution in [0.1, 0.15) is 258 Å². The van der Waals surface area contributed by atoms with Gasteiger partial charge in [-0.3, -0.25) is 9.59 Å². The minimum Gasteiger partial charge on any atom is -0.462 e. The molecular formula is C48H93NO5. The topological polar surface area (TPSA) is 95.9 Å². The van der Waals surface area contributed by atoms with Crippen molar-refractivity contribution in [3.05, 3.63) is 12.2 Å². The number of unbranched alkanes of at least 4 members (excludes halogenated alkanes) is 29. The van der Waals surface area contributed by atoms with Crippen molar-refractivity contribution in [2.24, 2.45) is 0 Å². The van der Waals surface area contributed by atoms with E-state index in [-0.39, 0.29) is 24.9 Å². The normalized spacial score (nSPS) is 13.4. The molecule has 0 fully saturated rings. The zero-order chi connectivity index (χ0) is 39.6. The molecule has 0 spiro atoms. The molecule has 0 aliphatic rings. The van der Waals surface area contributed by atoms with Crippen molar-refractivity contribution in [2.45, 2.75) is 277 Å². The van der Waals surface area contributed by atoms with E-state index in [1.807, 2.05) is 0 Å². The second-order valence-electron chi connectivity index (χ2n) is 16.5. The van der Waals surface area contributed by atoms with Gasteiger partial charge in [0.2, 0.25) is 5.91 Å². The molecule has 6 heteroatoms. The predicted octanol–water partition coefficient (Wildman–Crippen LogP) is 13.8. The van der Waals surface area contributed by atoms with Crippen molar-refractivity contribution in [3.63, 3.8) is 0 Å². The number of ether oxygens (including phenoxy) is 1. The second-order valence-corrected chi connectivity index (χ2v) is 16.5. The van der Waals surface area contributed by atoms with Gasteiger partial charge in [0.15, 0.2) is 0 Å². The highest BCUT2D eigenvalue weighted by atomic mass is 16.5. The monoisotopic (exact) mass is 764 g/mol. The summed E-state index contributed by atoms with van der Waals surface area (Å²) in [6.07, 6.45) is 45.6. The smallest absolute Gasteiger partial charge is 0.306 e. The summed E-state index contributed by atoms with van der Waals surface area (Å²) in [4.78, 5) is 26.0. The highest BCUT2D eigenvalue weighted by Crippen LogP contribution is 2.18. The summed E-state index contributed by atoms with van der Waals surface area (Å²) in [7, 11) is 0. The van der Waals surface area contributed by atoms with Crippen LogP contribution in [0.15, 0.2) is 12.2 Å². The Hall–Kier alpha value is -1.40. The number of nitrogens with one attached hydrogen (secondary N) is 1. The van der Waals surface area contributed by atoms with E-state index >= 15 is 0 Å². The third-order valence-corrected chi connectivity index (χ3v) is 11.1. The summed E-state index contributed by atoms with van der Waals surface area (Å²) in [6, 6.07) is -0.695. The van der Waals surface area contributed by atoms with Gasteiger partial charge in [0, 0.05) is 6.42 Å². The molecule has 0 aromatic carbocycles. The van der Waals surface area contributed by atoms with E-state index in [1.165, 1.54) is 154 Å². The lowest BCUT2D eigenvalue weighted by Gasteiger charge is -2.24. The van der Waals surface area contributed by atoms with Gasteiger partial charge in [-0.05, 0) is 51.4 Å². The minimum absolute atomic E-state index is 0.0780. The number of aliphatic hydroxyl groups is 2. The Labute approximate surface area is 336 Å². The number of hydrogen-bond donors (Lipinski definition) is 3. The molecule has 0 aliphatic carbocycles. The van der Waals surface area contributed by atoms with Gasteiger partial charge in [-0.2, -0.15) is 0 Å². The Morgan fingerprint density at radius 3 is 1.31 bits per heavy atom. The van der Waals surface area contributed by atoms with Crippen LogP contribution in [0.3, 0.4) is 0 Å². The minimum atomic E-state index is -0.782. The lowest BCUT2D eigenvalue weighted by Crippen LogP contribution is -2.46. The van der Waals surface area contributed by atoms with Gasteiger partial charge in [-0.25, -0.2) is 0 Å². The molecule has 3 atom stereocenters. The van der Waals surface area contributed by atoms with Crippen LogP contribution >= 0.6 is 0 Å². The van der Waals surface area contributed by atoms with Crippen LogP contribution in [0.25, 0.3) is 0 Å². The molecule has 3 unspecified atom stereocenters. The predicted molar refractivity (Wildman–Crippen MR) is 232 cm³/mol. The molecule has 6 nitrogen and oxygen atoms in total. The van der Waals surface area contributed by atoms with Gasteiger partial charge in [0.1, 0.15) is 6.10 Å². The van der Waals surface area contributed by atoms with E-state index in [2.05, 4.69) is 38.2 Å². The number of aliphatic hydroxyl groups excluding tert-OH is 2. The molecule has 0 aromatic heterocycles. The molecule has 1 amide bonds. The van der Waals surface area contributed by atoms with Crippen LogP contribution in [0.4, 0.5) is 0 Å². The molecule has 0 rings (SSSR count). The van der Waals surface area contributed by atoms with Crippen molar-refractivity contribution in [1.29, 1.82) is 0 Å². The van der Waals surface area contributed by atoms with Gasteiger partial charge in [-0.15, -0.1) is 0 Å². The molecule has 320 valence electrons. The van der Waals surface area contributed by atoms with E-state index in [1.54, 1.807) is 0 Å². The largest absolute Gasteiger partial charge is 0.462 e. The first-order valence-electron chi connectivity index (χ1n) is 23.9. The van der Waals surface area contributed by atoms with E-state index in [0.29, 0.717) is 19.3 Å². The standard InChI is InChI=1S/C48H93NO5/c1-4-7-10-13-16-19-21-23-25-28-30-33-36-39-44(54-48(53)41-38-35-32-29-26-24-22-20-17-14-11-8-5-2)42-47(52)49-45(43-50)46(51)40-37-34-31-27-18-15-12-9-6-3/h24,26,44-46,50-51H,4-23,25,27-43H2,1-3H3,(H,49,52)/b26-24-. The van der Waals surface area contributed by atoms with E-state index in [9.17, 15) is 19.8 Å². The van der Waals surface area contributed by atoms with Gasteiger partial charge in [0.25, 0.3) is 0 Å². The highest BCUT2D eigenvalue weighted by Gasteiger charge is 2.24. The first kappa shape index (κ1) is 52.6. The fourth-order valence-corrected chi connectivity index (χ4v) is 7.43. The summed E-state index contributed by atoms with van der Waals surface area (Å²) >= 11 is 0. The molecule has 0 saturated carbocycles. The summed E-state index contributed by atoms with van der Waals surface area (Å²) < 4.78 is 5.91. The number of carbonyl (C=O) groups is 2. The molecule has 3 N–H and O–H groups in total. The van der Waals surface area contributed by atoms with Crippen molar-refractivity contribution in [2.75, 3.05) is 6.61 Å². The Kier molecular flexibility index (Phi) is 41.6. The number of amides is 1. The van der Waals surface area contributed by atoms with Crippen molar-refractivity contribution in [1.82, 2.24) is 5.32 Å². The van der Waals surface area contributed by atoms with Crippen LogP contribution in [0, 0.1) is 0 Å². The third-order valence-electron chi connectivity index (χ3n) is 11.1. The quantitative estimate of drug-likeness (QED) is 0.0326. The van der Waals surface area contributed by atoms with Crippen molar-refractivity contribution < 1.29 is 24.5 Å². The maximum atomic E-state index is 13.1. The summed E-state index contributed by atoms with van der Waals surface area (Å²) in [5, 5.41) is 23.6. The van der Waals surface area contributed by atoms with E-state index < -0.39 is 18.2 Å².